The average molecular weight is 450 g/mol. The monoisotopic (exact) mass is 449 g/mol. The Morgan fingerprint density at radius 2 is 1.74 bits per heavy atom. The molecule has 1 aliphatic heterocycles. The number of amides is 2. The standard InChI is InChI=1S/C23H35N3O4S/c1-3-16-31(29,30)26-15-7-8-19(17-26)22(27)24-20-13-11-18(12-14-20)23(28)25(2)21-9-5-4-6-10-21/h11-14,19,21H,3-10,15-17H2,1-2H3,(H,24,27). The molecule has 7 nitrogen and oxygen atoms in total. The van der Waals surface area contributed by atoms with Gasteiger partial charge in [-0.3, -0.25) is 9.59 Å². The van der Waals surface area contributed by atoms with Crippen LogP contribution in [0.3, 0.4) is 0 Å². The topological polar surface area (TPSA) is 86.8 Å². The van der Waals surface area contributed by atoms with Crippen LogP contribution in [0.5, 0.6) is 0 Å². The van der Waals surface area contributed by atoms with Gasteiger partial charge in [-0.25, -0.2) is 12.7 Å². The Morgan fingerprint density at radius 1 is 1.06 bits per heavy atom. The molecule has 1 saturated carbocycles. The number of sulfonamides is 1. The first-order chi connectivity index (χ1) is 14.8. The summed E-state index contributed by atoms with van der Waals surface area (Å²) in [6, 6.07) is 7.29. The van der Waals surface area contributed by atoms with E-state index in [9.17, 15) is 18.0 Å². The highest BCUT2D eigenvalue weighted by atomic mass is 32.2. The van der Waals surface area contributed by atoms with Crippen LogP contribution >= 0.6 is 0 Å². The van der Waals surface area contributed by atoms with Gasteiger partial charge in [0.1, 0.15) is 0 Å². The van der Waals surface area contributed by atoms with Gasteiger partial charge in [-0.15, -0.1) is 0 Å². The van der Waals surface area contributed by atoms with Crippen LogP contribution in [0, 0.1) is 5.92 Å². The number of hydrogen-bond acceptors (Lipinski definition) is 4. The molecule has 0 radical (unpaired) electrons. The zero-order valence-corrected chi connectivity index (χ0v) is 19.5. The third kappa shape index (κ3) is 6.07. The molecule has 1 aliphatic carbocycles. The van der Waals surface area contributed by atoms with E-state index < -0.39 is 10.0 Å². The fraction of sp³-hybridized carbons (Fsp3) is 0.652. The van der Waals surface area contributed by atoms with Crippen LogP contribution in [-0.4, -0.2) is 61.4 Å². The van der Waals surface area contributed by atoms with Crippen molar-refractivity contribution >= 4 is 27.5 Å². The Bertz CT molecular complexity index is 863. The molecule has 2 fully saturated rings. The quantitative estimate of drug-likeness (QED) is 0.690. The van der Waals surface area contributed by atoms with Crippen LogP contribution in [0.1, 0.15) is 68.6 Å². The van der Waals surface area contributed by atoms with E-state index in [-0.39, 0.29) is 30.0 Å². The summed E-state index contributed by atoms with van der Waals surface area (Å²) in [4.78, 5) is 27.4. The van der Waals surface area contributed by atoms with E-state index in [0.717, 1.165) is 12.8 Å². The minimum atomic E-state index is -3.29. The van der Waals surface area contributed by atoms with Gasteiger partial charge in [-0.1, -0.05) is 26.2 Å². The number of rotatable bonds is 7. The van der Waals surface area contributed by atoms with E-state index in [4.69, 9.17) is 0 Å². The molecule has 1 saturated heterocycles. The molecule has 2 amide bonds. The fourth-order valence-corrected chi connectivity index (χ4v) is 6.16. The van der Waals surface area contributed by atoms with E-state index in [1.54, 1.807) is 24.3 Å². The molecule has 1 unspecified atom stereocenters. The van der Waals surface area contributed by atoms with Gasteiger partial charge in [0.05, 0.1) is 11.7 Å². The van der Waals surface area contributed by atoms with Gasteiger partial charge < -0.3 is 10.2 Å². The lowest BCUT2D eigenvalue weighted by Gasteiger charge is -2.31. The molecule has 3 rings (SSSR count). The Labute approximate surface area is 186 Å². The Hall–Kier alpha value is -1.93. The summed E-state index contributed by atoms with van der Waals surface area (Å²) in [6.07, 6.45) is 7.63. The molecule has 8 heteroatoms. The van der Waals surface area contributed by atoms with Gasteiger partial charge in [0, 0.05) is 37.4 Å². The maximum absolute atomic E-state index is 12.8. The summed E-state index contributed by atoms with van der Waals surface area (Å²) in [6.45, 7) is 2.56. The normalized spacial score (nSPS) is 20.9. The first-order valence-electron chi connectivity index (χ1n) is 11.5. The molecule has 1 atom stereocenters. The number of carbonyl (C=O) groups is 2. The minimum absolute atomic E-state index is 0.00818. The second kappa shape index (κ2) is 10.6. The predicted molar refractivity (Wildman–Crippen MR) is 122 cm³/mol. The lowest BCUT2D eigenvalue weighted by Crippen LogP contribution is -2.44. The maximum Gasteiger partial charge on any atom is 0.253 e. The van der Waals surface area contributed by atoms with Crippen LogP contribution in [0.2, 0.25) is 0 Å². The molecule has 2 aliphatic rings. The van der Waals surface area contributed by atoms with Gasteiger partial charge in [-0.2, -0.15) is 0 Å². The molecular formula is C23H35N3O4S. The second-order valence-electron chi connectivity index (χ2n) is 8.79. The van der Waals surface area contributed by atoms with Gasteiger partial charge in [-0.05, 0) is 56.4 Å². The van der Waals surface area contributed by atoms with Crippen LogP contribution in [0.15, 0.2) is 24.3 Å². The van der Waals surface area contributed by atoms with Crippen molar-refractivity contribution in [1.29, 1.82) is 0 Å². The van der Waals surface area contributed by atoms with Gasteiger partial charge >= 0.3 is 0 Å². The summed E-state index contributed by atoms with van der Waals surface area (Å²) in [5.74, 6) is -0.408. The third-order valence-corrected chi connectivity index (χ3v) is 8.50. The molecule has 0 bridgehead atoms. The van der Waals surface area contributed by atoms with Crippen LogP contribution < -0.4 is 5.32 Å². The lowest BCUT2D eigenvalue weighted by molar-refractivity contribution is -0.120. The highest BCUT2D eigenvalue weighted by Crippen LogP contribution is 2.24. The molecule has 1 aromatic carbocycles. The zero-order chi connectivity index (χ0) is 22.4. The Kier molecular flexibility index (Phi) is 8.11. The first-order valence-corrected chi connectivity index (χ1v) is 13.1. The van der Waals surface area contributed by atoms with Crippen LogP contribution in [0.25, 0.3) is 0 Å². The summed E-state index contributed by atoms with van der Waals surface area (Å²) in [5.41, 5.74) is 1.23. The highest BCUT2D eigenvalue weighted by molar-refractivity contribution is 7.89. The lowest BCUT2D eigenvalue weighted by atomic mass is 9.94. The van der Waals surface area contributed by atoms with Crippen molar-refractivity contribution in [3.05, 3.63) is 29.8 Å². The maximum atomic E-state index is 12.8. The van der Waals surface area contributed by atoms with E-state index in [1.165, 1.54) is 23.6 Å². The molecule has 172 valence electrons. The molecule has 1 N–H and O–H groups in total. The number of hydrogen-bond donors (Lipinski definition) is 1. The number of benzene rings is 1. The number of carbonyl (C=O) groups excluding carboxylic acids is 2. The molecule has 1 aromatic rings. The Balaban J connectivity index is 1.57. The highest BCUT2D eigenvalue weighted by Gasteiger charge is 2.32. The zero-order valence-electron chi connectivity index (χ0n) is 18.7. The predicted octanol–water partition coefficient (Wildman–Crippen LogP) is 3.48. The van der Waals surface area contributed by atoms with E-state index >= 15 is 0 Å². The van der Waals surface area contributed by atoms with Crippen LogP contribution in [0.4, 0.5) is 5.69 Å². The van der Waals surface area contributed by atoms with Crippen molar-refractivity contribution in [2.24, 2.45) is 5.92 Å². The molecule has 31 heavy (non-hydrogen) atoms. The SMILES string of the molecule is CCCS(=O)(=O)N1CCCC(C(=O)Nc2ccc(C(=O)N(C)C3CCCCC3)cc2)C1. The van der Waals surface area contributed by atoms with Crippen molar-refractivity contribution < 1.29 is 18.0 Å². The van der Waals surface area contributed by atoms with Gasteiger partial charge in [0.15, 0.2) is 0 Å². The van der Waals surface area contributed by atoms with Crippen molar-refractivity contribution in [3.63, 3.8) is 0 Å². The molecule has 1 heterocycles. The number of nitrogens with zero attached hydrogens (tertiary/aromatic N) is 2. The minimum Gasteiger partial charge on any atom is -0.339 e. The smallest absolute Gasteiger partial charge is 0.253 e. The van der Waals surface area contributed by atoms with E-state index in [1.807, 2.05) is 18.9 Å². The third-order valence-electron chi connectivity index (χ3n) is 6.45. The number of piperidine rings is 1. The Morgan fingerprint density at radius 3 is 2.39 bits per heavy atom. The molecule has 0 spiro atoms. The molecule has 0 aromatic heterocycles. The van der Waals surface area contributed by atoms with Crippen molar-refractivity contribution in [2.45, 2.75) is 64.3 Å². The summed E-state index contributed by atoms with van der Waals surface area (Å²) in [7, 11) is -1.42. The van der Waals surface area contributed by atoms with Crippen molar-refractivity contribution in [1.82, 2.24) is 9.21 Å². The van der Waals surface area contributed by atoms with Gasteiger partial charge in [0.25, 0.3) is 5.91 Å². The second-order valence-corrected chi connectivity index (χ2v) is 10.9. The first kappa shape index (κ1) is 23.7. The van der Waals surface area contributed by atoms with Crippen LogP contribution in [-0.2, 0) is 14.8 Å². The number of anilines is 1. The molecular weight excluding hydrogens is 414 g/mol. The summed E-state index contributed by atoms with van der Waals surface area (Å²) in [5, 5.41) is 2.89. The fourth-order valence-electron chi connectivity index (χ4n) is 4.57. The summed E-state index contributed by atoms with van der Waals surface area (Å²) >= 11 is 0. The largest absolute Gasteiger partial charge is 0.339 e. The van der Waals surface area contributed by atoms with Crippen molar-refractivity contribution in [3.8, 4) is 0 Å². The van der Waals surface area contributed by atoms with E-state index in [2.05, 4.69) is 5.32 Å². The summed E-state index contributed by atoms with van der Waals surface area (Å²) < 4.78 is 26.1. The van der Waals surface area contributed by atoms with Gasteiger partial charge in [0.2, 0.25) is 15.9 Å². The average Bonchev–Trinajstić information content (AvgIpc) is 2.79. The van der Waals surface area contributed by atoms with E-state index in [0.29, 0.717) is 43.1 Å². The number of nitrogens with one attached hydrogen (secondary N) is 1. The van der Waals surface area contributed by atoms with Crippen molar-refractivity contribution in [2.75, 3.05) is 31.2 Å².